The second-order valence-electron chi connectivity index (χ2n) is 5.85. The number of benzene rings is 3. The van der Waals surface area contributed by atoms with Gasteiger partial charge in [-0.3, -0.25) is 0 Å². The zero-order valence-electron chi connectivity index (χ0n) is 13.4. The van der Waals surface area contributed by atoms with Crippen LogP contribution in [0.5, 0.6) is 0 Å². The van der Waals surface area contributed by atoms with Crippen LogP contribution in [0.3, 0.4) is 0 Å². The Labute approximate surface area is 137 Å². The summed E-state index contributed by atoms with van der Waals surface area (Å²) in [5, 5.41) is 0. The van der Waals surface area contributed by atoms with Gasteiger partial charge in [-0.25, -0.2) is 4.39 Å². The van der Waals surface area contributed by atoms with Crippen LogP contribution in [-0.4, -0.2) is 0 Å². The van der Waals surface area contributed by atoms with E-state index in [0.29, 0.717) is 0 Å². The predicted octanol–water partition coefficient (Wildman–Crippen LogP) is 6.50. The van der Waals surface area contributed by atoms with E-state index >= 15 is 0 Å². The van der Waals surface area contributed by atoms with Crippen LogP contribution in [0, 0.1) is 5.82 Å². The zero-order chi connectivity index (χ0) is 16.1. The lowest BCUT2D eigenvalue weighted by atomic mass is 9.94. The Morgan fingerprint density at radius 2 is 1.22 bits per heavy atom. The molecule has 0 aliphatic rings. The molecule has 1 heteroatoms. The van der Waals surface area contributed by atoms with E-state index < -0.39 is 0 Å². The minimum absolute atomic E-state index is 0.202. The quantitative estimate of drug-likeness (QED) is 0.504. The highest BCUT2D eigenvalue weighted by atomic mass is 19.1. The number of rotatable bonds is 5. The fraction of sp³-hybridized carbons (Fsp3) is 0.182. The first-order valence-electron chi connectivity index (χ1n) is 8.22. The average molecular weight is 304 g/mol. The summed E-state index contributed by atoms with van der Waals surface area (Å²) < 4.78 is 13.2. The Hall–Kier alpha value is -2.41. The number of aryl methyl sites for hydroxylation is 1. The van der Waals surface area contributed by atoms with Crippen molar-refractivity contribution >= 4 is 0 Å². The van der Waals surface area contributed by atoms with Crippen LogP contribution in [0.15, 0.2) is 72.8 Å². The lowest BCUT2D eigenvalue weighted by Gasteiger charge is -2.11. The van der Waals surface area contributed by atoms with Gasteiger partial charge in [-0.05, 0) is 52.8 Å². The van der Waals surface area contributed by atoms with Crippen molar-refractivity contribution in [1.29, 1.82) is 0 Å². The van der Waals surface area contributed by atoms with Gasteiger partial charge in [-0.1, -0.05) is 74.0 Å². The van der Waals surface area contributed by atoms with E-state index in [9.17, 15) is 4.39 Å². The van der Waals surface area contributed by atoms with Crippen molar-refractivity contribution in [2.45, 2.75) is 26.2 Å². The normalized spacial score (nSPS) is 10.7. The van der Waals surface area contributed by atoms with Gasteiger partial charge in [0.1, 0.15) is 5.82 Å². The van der Waals surface area contributed by atoms with Gasteiger partial charge in [0.05, 0.1) is 0 Å². The molecule has 3 rings (SSSR count). The molecule has 0 bridgehead atoms. The minimum atomic E-state index is -0.202. The van der Waals surface area contributed by atoms with E-state index in [2.05, 4.69) is 43.3 Å². The molecule has 0 aliphatic heterocycles. The number of halogens is 1. The lowest BCUT2D eigenvalue weighted by Crippen LogP contribution is -1.88. The highest BCUT2D eigenvalue weighted by molar-refractivity contribution is 5.83. The van der Waals surface area contributed by atoms with Gasteiger partial charge in [0, 0.05) is 0 Å². The van der Waals surface area contributed by atoms with E-state index in [4.69, 9.17) is 0 Å². The first-order valence-corrected chi connectivity index (χ1v) is 8.22. The molecule has 23 heavy (non-hydrogen) atoms. The van der Waals surface area contributed by atoms with Gasteiger partial charge in [-0.15, -0.1) is 0 Å². The van der Waals surface area contributed by atoms with Crippen LogP contribution >= 0.6 is 0 Å². The first-order chi connectivity index (χ1) is 11.3. The Balaban J connectivity index is 1.95. The molecule has 0 N–H and O–H groups in total. The summed E-state index contributed by atoms with van der Waals surface area (Å²) in [5.41, 5.74) is 5.94. The Morgan fingerprint density at radius 1 is 0.696 bits per heavy atom. The van der Waals surface area contributed by atoms with E-state index in [0.717, 1.165) is 17.5 Å². The summed E-state index contributed by atoms with van der Waals surface area (Å²) >= 11 is 0. The minimum Gasteiger partial charge on any atom is -0.207 e. The van der Waals surface area contributed by atoms with E-state index in [1.807, 2.05) is 24.3 Å². The number of hydrogen-bond acceptors (Lipinski definition) is 0. The van der Waals surface area contributed by atoms with Crippen LogP contribution in [0.1, 0.15) is 25.3 Å². The topological polar surface area (TPSA) is 0 Å². The Morgan fingerprint density at radius 3 is 1.74 bits per heavy atom. The average Bonchev–Trinajstić information content (AvgIpc) is 2.61. The summed E-state index contributed by atoms with van der Waals surface area (Å²) in [7, 11) is 0. The third-order valence-corrected chi connectivity index (χ3v) is 4.17. The molecule has 0 nitrogen and oxygen atoms in total. The molecule has 3 aromatic rings. The monoisotopic (exact) mass is 304 g/mol. The first kappa shape index (κ1) is 15.5. The van der Waals surface area contributed by atoms with E-state index in [1.54, 1.807) is 0 Å². The number of unbranched alkanes of at least 4 members (excludes halogenated alkanes) is 1. The summed E-state index contributed by atoms with van der Waals surface area (Å²) in [6.07, 6.45) is 3.58. The summed E-state index contributed by atoms with van der Waals surface area (Å²) in [6, 6.07) is 23.8. The Bertz CT molecular complexity index is 755. The Kier molecular flexibility index (Phi) is 4.87. The molecule has 0 aliphatic carbocycles. The SMILES string of the molecule is CCCCc1ccc(-c2ccccc2-c2ccc(F)cc2)cc1. The maximum atomic E-state index is 13.2. The van der Waals surface area contributed by atoms with Crippen molar-refractivity contribution in [2.75, 3.05) is 0 Å². The summed E-state index contributed by atoms with van der Waals surface area (Å²) in [4.78, 5) is 0. The van der Waals surface area contributed by atoms with Crippen molar-refractivity contribution in [3.05, 3.63) is 84.2 Å². The molecule has 0 saturated carbocycles. The standard InChI is InChI=1S/C22H21F/c1-2-3-6-17-9-11-18(12-10-17)21-7-4-5-8-22(21)19-13-15-20(23)16-14-19/h4-5,7-16H,2-3,6H2,1H3. The molecule has 0 heterocycles. The van der Waals surface area contributed by atoms with Crippen LogP contribution in [-0.2, 0) is 6.42 Å². The predicted molar refractivity (Wildman–Crippen MR) is 95.9 cm³/mol. The molecule has 0 amide bonds. The van der Waals surface area contributed by atoms with Gasteiger partial charge in [0.15, 0.2) is 0 Å². The van der Waals surface area contributed by atoms with Crippen molar-refractivity contribution in [3.8, 4) is 22.3 Å². The van der Waals surface area contributed by atoms with E-state index in [-0.39, 0.29) is 5.82 Å². The van der Waals surface area contributed by atoms with Crippen molar-refractivity contribution in [2.24, 2.45) is 0 Å². The van der Waals surface area contributed by atoms with Crippen LogP contribution in [0.25, 0.3) is 22.3 Å². The molecular weight excluding hydrogens is 283 g/mol. The molecule has 0 aromatic heterocycles. The molecule has 0 spiro atoms. The van der Waals surface area contributed by atoms with Crippen molar-refractivity contribution in [1.82, 2.24) is 0 Å². The lowest BCUT2D eigenvalue weighted by molar-refractivity contribution is 0.628. The van der Waals surface area contributed by atoms with Crippen LogP contribution < -0.4 is 0 Å². The van der Waals surface area contributed by atoms with Crippen LogP contribution in [0.4, 0.5) is 4.39 Å². The van der Waals surface area contributed by atoms with Crippen molar-refractivity contribution in [3.63, 3.8) is 0 Å². The van der Waals surface area contributed by atoms with Gasteiger partial charge in [0.2, 0.25) is 0 Å². The molecular formula is C22H21F. The number of hydrogen-bond donors (Lipinski definition) is 0. The summed E-state index contributed by atoms with van der Waals surface area (Å²) in [5.74, 6) is -0.202. The zero-order valence-corrected chi connectivity index (χ0v) is 13.4. The van der Waals surface area contributed by atoms with Crippen molar-refractivity contribution < 1.29 is 4.39 Å². The highest BCUT2D eigenvalue weighted by Gasteiger charge is 2.07. The molecule has 3 aromatic carbocycles. The molecule has 0 fully saturated rings. The molecule has 0 radical (unpaired) electrons. The van der Waals surface area contributed by atoms with Gasteiger partial charge < -0.3 is 0 Å². The maximum Gasteiger partial charge on any atom is 0.123 e. The maximum absolute atomic E-state index is 13.2. The highest BCUT2D eigenvalue weighted by Crippen LogP contribution is 2.32. The third-order valence-electron chi connectivity index (χ3n) is 4.17. The molecule has 116 valence electrons. The molecule has 0 saturated heterocycles. The second kappa shape index (κ2) is 7.23. The van der Waals surface area contributed by atoms with Gasteiger partial charge >= 0.3 is 0 Å². The fourth-order valence-electron chi connectivity index (χ4n) is 2.85. The second-order valence-corrected chi connectivity index (χ2v) is 5.85. The van der Waals surface area contributed by atoms with Gasteiger partial charge in [-0.2, -0.15) is 0 Å². The molecule has 0 unspecified atom stereocenters. The fourth-order valence-corrected chi connectivity index (χ4v) is 2.85. The van der Waals surface area contributed by atoms with E-state index in [1.165, 1.54) is 41.7 Å². The van der Waals surface area contributed by atoms with Crippen LogP contribution in [0.2, 0.25) is 0 Å². The third kappa shape index (κ3) is 3.68. The molecule has 0 atom stereocenters. The smallest absolute Gasteiger partial charge is 0.123 e. The largest absolute Gasteiger partial charge is 0.207 e. The van der Waals surface area contributed by atoms with Gasteiger partial charge in [0.25, 0.3) is 0 Å². The summed E-state index contributed by atoms with van der Waals surface area (Å²) in [6.45, 7) is 2.22.